The first-order valence-electron chi connectivity index (χ1n) is 8.57. The fraction of sp³-hybridized carbons (Fsp3) is 0.0909. The Morgan fingerprint density at radius 2 is 1.41 bits per heavy atom. The van der Waals surface area contributed by atoms with Gasteiger partial charge in [-0.3, -0.25) is 9.59 Å². The topological polar surface area (TPSA) is 58.2 Å². The molecule has 4 nitrogen and oxygen atoms in total. The molecule has 2 amide bonds. The van der Waals surface area contributed by atoms with Gasteiger partial charge in [-0.2, -0.15) is 0 Å². The highest BCUT2D eigenvalue weighted by Gasteiger charge is 2.23. The summed E-state index contributed by atoms with van der Waals surface area (Å²) in [5.74, 6) is -1.15. The third kappa shape index (κ3) is 4.79. The molecule has 3 rings (SSSR count). The number of carbonyl (C=O) groups excluding carboxylic acids is 2. The van der Waals surface area contributed by atoms with Crippen LogP contribution in [0.1, 0.15) is 27.5 Å². The van der Waals surface area contributed by atoms with Crippen molar-refractivity contribution in [1.29, 1.82) is 0 Å². The second-order valence-electron chi connectivity index (χ2n) is 5.99. The van der Waals surface area contributed by atoms with E-state index < -0.39 is 11.9 Å². The molecule has 0 fully saturated rings. The van der Waals surface area contributed by atoms with Crippen LogP contribution < -0.4 is 10.6 Å². The van der Waals surface area contributed by atoms with Crippen LogP contribution >= 0.6 is 0 Å². The number of hydrogen-bond donors (Lipinski definition) is 2. The molecule has 0 saturated heterocycles. The third-order valence-electron chi connectivity index (χ3n) is 4.12. The fourth-order valence-corrected chi connectivity index (χ4v) is 2.68. The van der Waals surface area contributed by atoms with Crippen molar-refractivity contribution in [3.05, 3.63) is 107 Å². The Balaban J connectivity index is 1.76. The van der Waals surface area contributed by atoms with Crippen molar-refractivity contribution in [1.82, 2.24) is 10.6 Å². The molecule has 0 spiro atoms. The Bertz CT molecular complexity index is 914. The number of nitrogens with one attached hydrogen (secondary N) is 2. The zero-order valence-electron chi connectivity index (χ0n) is 14.6. The molecule has 3 aromatic rings. The second-order valence-corrected chi connectivity index (χ2v) is 5.99. The average molecular weight is 362 g/mol. The zero-order valence-corrected chi connectivity index (χ0v) is 14.6. The minimum atomic E-state index is -0.884. The van der Waals surface area contributed by atoms with Crippen molar-refractivity contribution < 1.29 is 14.0 Å². The van der Waals surface area contributed by atoms with Gasteiger partial charge in [-0.25, -0.2) is 4.39 Å². The van der Waals surface area contributed by atoms with Crippen LogP contribution in [0.5, 0.6) is 0 Å². The van der Waals surface area contributed by atoms with Gasteiger partial charge in [0, 0.05) is 17.7 Å². The van der Waals surface area contributed by atoms with Gasteiger partial charge in [0.1, 0.15) is 11.9 Å². The molecular weight excluding hydrogens is 343 g/mol. The summed E-state index contributed by atoms with van der Waals surface area (Å²) < 4.78 is 13.8. The van der Waals surface area contributed by atoms with E-state index in [1.807, 2.05) is 12.1 Å². The van der Waals surface area contributed by atoms with E-state index in [0.29, 0.717) is 16.7 Å². The van der Waals surface area contributed by atoms with Crippen molar-refractivity contribution in [2.45, 2.75) is 12.6 Å². The van der Waals surface area contributed by atoms with E-state index in [1.165, 1.54) is 6.07 Å². The average Bonchev–Trinajstić information content (AvgIpc) is 2.72. The molecule has 1 atom stereocenters. The van der Waals surface area contributed by atoms with Crippen LogP contribution in [0.15, 0.2) is 84.9 Å². The number of amides is 2. The van der Waals surface area contributed by atoms with Gasteiger partial charge in [0.2, 0.25) is 5.91 Å². The van der Waals surface area contributed by atoms with Crippen molar-refractivity contribution in [3.63, 3.8) is 0 Å². The summed E-state index contributed by atoms with van der Waals surface area (Å²) in [7, 11) is 0. The maximum Gasteiger partial charge on any atom is 0.252 e. The standard InChI is InChI=1S/C22H19FN2O2/c23-19-14-8-7-13-18(19)15-24-22(27)20(16-9-3-1-4-10-16)25-21(26)17-11-5-2-6-12-17/h1-14,20H,15H2,(H,24,27)(H,25,26). The summed E-state index contributed by atoms with van der Waals surface area (Å²) in [6.07, 6.45) is 0. The minimum Gasteiger partial charge on any atom is -0.350 e. The molecule has 0 bridgehead atoms. The minimum absolute atomic E-state index is 0.0377. The van der Waals surface area contributed by atoms with Crippen LogP contribution in [0.25, 0.3) is 0 Å². The summed E-state index contributed by atoms with van der Waals surface area (Å²) in [5.41, 5.74) is 1.49. The van der Waals surface area contributed by atoms with E-state index >= 15 is 0 Å². The van der Waals surface area contributed by atoms with Gasteiger partial charge >= 0.3 is 0 Å². The maximum atomic E-state index is 13.8. The van der Waals surface area contributed by atoms with Gasteiger partial charge in [0.15, 0.2) is 0 Å². The first kappa shape index (κ1) is 18.3. The molecule has 0 heterocycles. The summed E-state index contributed by atoms with van der Waals surface area (Å²) in [5, 5.41) is 5.46. The van der Waals surface area contributed by atoms with Gasteiger partial charge in [0.05, 0.1) is 0 Å². The smallest absolute Gasteiger partial charge is 0.252 e. The highest BCUT2D eigenvalue weighted by molar-refractivity contribution is 5.97. The molecule has 0 aliphatic rings. The van der Waals surface area contributed by atoms with E-state index in [2.05, 4.69) is 10.6 Å². The van der Waals surface area contributed by atoms with Gasteiger partial charge in [0.25, 0.3) is 5.91 Å². The number of halogens is 1. The Morgan fingerprint density at radius 3 is 2.07 bits per heavy atom. The molecular formula is C22H19FN2O2. The Hall–Kier alpha value is -3.47. The predicted molar refractivity (Wildman–Crippen MR) is 101 cm³/mol. The number of hydrogen-bond acceptors (Lipinski definition) is 2. The van der Waals surface area contributed by atoms with Crippen molar-refractivity contribution in [3.8, 4) is 0 Å². The summed E-state index contributed by atoms with van der Waals surface area (Å²) in [6, 6.07) is 23.0. The molecule has 136 valence electrons. The van der Waals surface area contributed by atoms with E-state index in [4.69, 9.17) is 0 Å². The molecule has 27 heavy (non-hydrogen) atoms. The number of rotatable bonds is 6. The van der Waals surface area contributed by atoms with Crippen molar-refractivity contribution in [2.75, 3.05) is 0 Å². The number of carbonyl (C=O) groups is 2. The lowest BCUT2D eigenvalue weighted by atomic mass is 10.0. The second kappa shape index (κ2) is 8.76. The number of benzene rings is 3. The Morgan fingerprint density at radius 1 is 0.815 bits per heavy atom. The van der Waals surface area contributed by atoms with Gasteiger partial charge < -0.3 is 10.6 Å². The van der Waals surface area contributed by atoms with Crippen LogP contribution in [0.2, 0.25) is 0 Å². The quantitative estimate of drug-likeness (QED) is 0.704. The van der Waals surface area contributed by atoms with E-state index in [-0.39, 0.29) is 18.3 Å². The fourth-order valence-electron chi connectivity index (χ4n) is 2.68. The zero-order chi connectivity index (χ0) is 19.1. The SMILES string of the molecule is O=C(NC(C(=O)NCc1ccccc1F)c1ccccc1)c1ccccc1. The van der Waals surface area contributed by atoms with Crippen LogP contribution in [0, 0.1) is 5.82 Å². The predicted octanol–water partition coefficient (Wildman–Crippen LogP) is 3.61. The highest BCUT2D eigenvalue weighted by atomic mass is 19.1. The molecule has 0 aliphatic carbocycles. The molecule has 5 heteroatoms. The van der Waals surface area contributed by atoms with Crippen LogP contribution in [0.3, 0.4) is 0 Å². The van der Waals surface area contributed by atoms with Crippen LogP contribution in [0.4, 0.5) is 4.39 Å². The van der Waals surface area contributed by atoms with Crippen LogP contribution in [-0.2, 0) is 11.3 Å². The first-order chi connectivity index (χ1) is 13.1. The van der Waals surface area contributed by atoms with Gasteiger partial charge in [-0.1, -0.05) is 66.7 Å². The molecule has 0 radical (unpaired) electrons. The highest BCUT2D eigenvalue weighted by Crippen LogP contribution is 2.15. The largest absolute Gasteiger partial charge is 0.350 e. The summed E-state index contributed by atoms with van der Waals surface area (Å²) in [6.45, 7) is 0.0377. The summed E-state index contributed by atoms with van der Waals surface area (Å²) >= 11 is 0. The molecule has 0 saturated carbocycles. The van der Waals surface area contributed by atoms with Gasteiger partial charge in [-0.05, 0) is 23.8 Å². The lowest BCUT2D eigenvalue weighted by molar-refractivity contribution is -0.123. The molecule has 3 aromatic carbocycles. The lowest BCUT2D eigenvalue weighted by Gasteiger charge is -2.19. The lowest BCUT2D eigenvalue weighted by Crippen LogP contribution is -2.40. The van der Waals surface area contributed by atoms with Gasteiger partial charge in [-0.15, -0.1) is 0 Å². The first-order valence-corrected chi connectivity index (χ1v) is 8.57. The van der Waals surface area contributed by atoms with E-state index in [0.717, 1.165) is 0 Å². The third-order valence-corrected chi connectivity index (χ3v) is 4.12. The molecule has 1 unspecified atom stereocenters. The molecule has 0 aliphatic heterocycles. The van der Waals surface area contributed by atoms with Crippen LogP contribution in [-0.4, -0.2) is 11.8 Å². The van der Waals surface area contributed by atoms with Crippen molar-refractivity contribution in [2.24, 2.45) is 0 Å². The Labute approximate surface area is 157 Å². The Kier molecular flexibility index (Phi) is 5.94. The maximum absolute atomic E-state index is 13.8. The molecule has 2 N–H and O–H groups in total. The van der Waals surface area contributed by atoms with Crippen molar-refractivity contribution >= 4 is 11.8 Å². The monoisotopic (exact) mass is 362 g/mol. The van der Waals surface area contributed by atoms with E-state index in [1.54, 1.807) is 66.7 Å². The summed E-state index contributed by atoms with van der Waals surface area (Å²) in [4.78, 5) is 25.3. The molecule has 0 aromatic heterocycles. The normalized spacial score (nSPS) is 11.4. The van der Waals surface area contributed by atoms with E-state index in [9.17, 15) is 14.0 Å².